The Morgan fingerprint density at radius 1 is 1.80 bits per heavy atom. The number of hydrogen-bond acceptors (Lipinski definition) is 3. The number of ether oxygens (including phenoxy) is 1. The zero-order valence-corrected chi connectivity index (χ0v) is 6.89. The van der Waals surface area contributed by atoms with Crippen molar-refractivity contribution < 1.29 is 14.3 Å². The van der Waals surface area contributed by atoms with Gasteiger partial charge in [0.15, 0.2) is 5.78 Å². The Bertz CT molecular complexity index is 166. The lowest BCUT2D eigenvalue weighted by molar-refractivity contribution is -0.143. The van der Waals surface area contributed by atoms with Gasteiger partial charge in [-0.15, -0.1) is 0 Å². The summed E-state index contributed by atoms with van der Waals surface area (Å²) in [6, 6.07) is 0. The van der Waals surface area contributed by atoms with E-state index >= 15 is 0 Å². The van der Waals surface area contributed by atoms with Crippen molar-refractivity contribution in [1.82, 2.24) is 0 Å². The molecule has 0 amide bonds. The zero-order valence-electron chi connectivity index (χ0n) is 5.30. The second kappa shape index (κ2) is 3.14. The Morgan fingerprint density at radius 3 is 2.90 bits per heavy atom. The minimum absolute atomic E-state index is 0.0810. The predicted molar refractivity (Wildman–Crippen MR) is 37.9 cm³/mol. The number of Topliss-reactive ketones (excluding diaryl/α,β-unsaturated/α-hetero) is 1. The first-order chi connectivity index (χ1) is 4.75. The summed E-state index contributed by atoms with van der Waals surface area (Å²) in [6.07, 6.45) is 0.545. The maximum absolute atomic E-state index is 10.9. The second-order valence-electron chi connectivity index (χ2n) is 2.11. The largest absolute Gasteiger partial charge is 0.465 e. The molecule has 1 saturated heterocycles. The van der Waals surface area contributed by atoms with Gasteiger partial charge in [-0.25, -0.2) is 0 Å². The van der Waals surface area contributed by atoms with E-state index in [1.807, 2.05) is 0 Å². The minimum atomic E-state index is -0.501. The summed E-state index contributed by atoms with van der Waals surface area (Å²) < 4.78 is 4.61. The van der Waals surface area contributed by atoms with Gasteiger partial charge in [0.2, 0.25) is 0 Å². The maximum atomic E-state index is 10.9. The summed E-state index contributed by atoms with van der Waals surface area (Å²) in [7, 11) is 0. The van der Waals surface area contributed by atoms with Gasteiger partial charge in [-0.2, -0.15) is 0 Å². The number of cyclic esters (lactones) is 1. The van der Waals surface area contributed by atoms with Crippen molar-refractivity contribution in [2.45, 2.75) is 6.42 Å². The van der Waals surface area contributed by atoms with Crippen LogP contribution in [0, 0.1) is 5.92 Å². The van der Waals surface area contributed by atoms with E-state index in [0.29, 0.717) is 13.0 Å². The van der Waals surface area contributed by atoms with Gasteiger partial charge in [0.05, 0.1) is 11.9 Å². The first kappa shape index (κ1) is 7.72. The highest BCUT2D eigenvalue weighted by Gasteiger charge is 2.31. The quantitative estimate of drug-likeness (QED) is 0.376. The van der Waals surface area contributed by atoms with Gasteiger partial charge in [0.25, 0.3) is 0 Å². The SMILES string of the molecule is O=C(CBr)[C@@H]1CCOC1=O. The average Bonchev–Trinajstić information content (AvgIpc) is 2.34. The van der Waals surface area contributed by atoms with E-state index in [9.17, 15) is 9.59 Å². The molecule has 56 valence electrons. The molecule has 1 rings (SSSR count). The van der Waals surface area contributed by atoms with E-state index < -0.39 is 5.92 Å². The normalized spacial score (nSPS) is 24.5. The van der Waals surface area contributed by atoms with Crippen molar-refractivity contribution >= 4 is 27.7 Å². The van der Waals surface area contributed by atoms with E-state index in [2.05, 4.69) is 20.7 Å². The van der Waals surface area contributed by atoms with Crippen molar-refractivity contribution in [3.63, 3.8) is 0 Å². The fourth-order valence-electron chi connectivity index (χ4n) is 0.881. The Balaban J connectivity index is 2.55. The first-order valence-electron chi connectivity index (χ1n) is 3.01. The minimum Gasteiger partial charge on any atom is -0.465 e. The topological polar surface area (TPSA) is 43.4 Å². The summed E-state index contributed by atoms with van der Waals surface area (Å²) in [5, 5.41) is 0.243. The Kier molecular flexibility index (Phi) is 2.43. The smallest absolute Gasteiger partial charge is 0.316 e. The second-order valence-corrected chi connectivity index (χ2v) is 2.67. The lowest BCUT2D eigenvalue weighted by Crippen LogP contribution is -2.19. The Hall–Kier alpha value is -0.380. The number of carbonyl (C=O) groups excluding carboxylic acids is 2. The molecular formula is C6H7BrO3. The molecule has 10 heavy (non-hydrogen) atoms. The van der Waals surface area contributed by atoms with Gasteiger partial charge in [0, 0.05) is 6.42 Å². The molecule has 0 spiro atoms. The molecule has 1 aliphatic rings. The van der Waals surface area contributed by atoms with E-state index in [1.165, 1.54) is 0 Å². The standard InChI is InChI=1S/C6H7BrO3/c7-3-5(8)4-1-2-10-6(4)9/h4H,1-3H2/t4-/m0/s1. The van der Waals surface area contributed by atoms with Gasteiger partial charge in [-0.05, 0) is 0 Å². The summed E-state index contributed by atoms with van der Waals surface area (Å²) in [4.78, 5) is 21.6. The van der Waals surface area contributed by atoms with Gasteiger partial charge < -0.3 is 4.74 Å². The molecule has 1 heterocycles. The fraction of sp³-hybridized carbons (Fsp3) is 0.667. The molecule has 0 N–H and O–H groups in total. The number of ketones is 1. The molecule has 0 radical (unpaired) electrons. The molecule has 4 heteroatoms. The molecule has 0 aromatic heterocycles. The van der Waals surface area contributed by atoms with Crippen molar-refractivity contribution in [1.29, 1.82) is 0 Å². The van der Waals surface area contributed by atoms with Crippen LogP contribution in [0.25, 0.3) is 0 Å². The molecule has 0 aliphatic carbocycles. The fourth-order valence-corrected chi connectivity index (χ4v) is 1.27. The highest BCUT2D eigenvalue weighted by molar-refractivity contribution is 9.09. The summed E-state index contributed by atoms with van der Waals surface area (Å²) >= 11 is 2.99. The van der Waals surface area contributed by atoms with Gasteiger partial charge >= 0.3 is 5.97 Å². The maximum Gasteiger partial charge on any atom is 0.316 e. The lowest BCUT2D eigenvalue weighted by Gasteiger charge is -1.98. The number of halogens is 1. The van der Waals surface area contributed by atoms with Crippen LogP contribution in [-0.2, 0) is 14.3 Å². The first-order valence-corrected chi connectivity index (χ1v) is 4.13. The van der Waals surface area contributed by atoms with Crippen molar-refractivity contribution in [2.24, 2.45) is 5.92 Å². The number of rotatable bonds is 2. The highest BCUT2D eigenvalue weighted by Crippen LogP contribution is 2.15. The van der Waals surface area contributed by atoms with Crippen molar-refractivity contribution in [3.05, 3.63) is 0 Å². The van der Waals surface area contributed by atoms with E-state index in [-0.39, 0.29) is 17.1 Å². The molecule has 0 unspecified atom stereocenters. The van der Waals surface area contributed by atoms with Gasteiger partial charge in [-0.3, -0.25) is 9.59 Å². The number of carbonyl (C=O) groups is 2. The van der Waals surface area contributed by atoms with Crippen LogP contribution < -0.4 is 0 Å². The summed E-state index contributed by atoms with van der Waals surface area (Å²) in [5.41, 5.74) is 0. The molecular weight excluding hydrogens is 200 g/mol. The van der Waals surface area contributed by atoms with Crippen LogP contribution in [0.3, 0.4) is 0 Å². The zero-order chi connectivity index (χ0) is 7.56. The van der Waals surface area contributed by atoms with Crippen LogP contribution in [-0.4, -0.2) is 23.7 Å². The molecule has 1 aliphatic heterocycles. The van der Waals surface area contributed by atoms with Crippen LogP contribution in [0.15, 0.2) is 0 Å². The van der Waals surface area contributed by atoms with E-state index in [4.69, 9.17) is 0 Å². The average molecular weight is 207 g/mol. The monoisotopic (exact) mass is 206 g/mol. The van der Waals surface area contributed by atoms with E-state index in [0.717, 1.165) is 0 Å². The molecule has 0 aromatic carbocycles. The third-order valence-electron chi connectivity index (χ3n) is 1.46. The van der Waals surface area contributed by atoms with Crippen LogP contribution >= 0.6 is 15.9 Å². The highest BCUT2D eigenvalue weighted by atomic mass is 79.9. The van der Waals surface area contributed by atoms with Crippen LogP contribution in [0.2, 0.25) is 0 Å². The Morgan fingerprint density at radius 2 is 2.50 bits per heavy atom. The van der Waals surface area contributed by atoms with Crippen molar-refractivity contribution in [2.75, 3.05) is 11.9 Å². The summed E-state index contributed by atoms with van der Waals surface area (Å²) in [5.74, 6) is -0.952. The van der Waals surface area contributed by atoms with Crippen LogP contribution in [0.5, 0.6) is 0 Å². The van der Waals surface area contributed by atoms with Crippen LogP contribution in [0.1, 0.15) is 6.42 Å². The molecule has 1 atom stereocenters. The molecule has 0 saturated carbocycles. The van der Waals surface area contributed by atoms with Crippen LogP contribution in [0.4, 0.5) is 0 Å². The summed E-state index contributed by atoms with van der Waals surface area (Å²) in [6.45, 7) is 0.391. The van der Waals surface area contributed by atoms with Gasteiger partial charge in [0.1, 0.15) is 5.92 Å². The predicted octanol–water partition coefficient (Wildman–Crippen LogP) is 0.514. The number of hydrogen-bond donors (Lipinski definition) is 0. The van der Waals surface area contributed by atoms with Gasteiger partial charge in [-0.1, -0.05) is 15.9 Å². The number of esters is 1. The molecule has 1 fully saturated rings. The Labute approximate surface area is 66.9 Å². The molecule has 0 bridgehead atoms. The van der Waals surface area contributed by atoms with E-state index in [1.54, 1.807) is 0 Å². The number of alkyl halides is 1. The third-order valence-corrected chi connectivity index (χ3v) is 2.01. The molecule has 3 nitrogen and oxygen atoms in total. The lowest BCUT2D eigenvalue weighted by atomic mass is 10.1. The molecule has 0 aromatic rings. The van der Waals surface area contributed by atoms with Crippen molar-refractivity contribution in [3.8, 4) is 0 Å². The third kappa shape index (κ3) is 1.37.